The normalized spacial score (nSPS) is 25.6. The molecule has 0 radical (unpaired) electrons. The third-order valence-electron chi connectivity index (χ3n) is 5.79. The predicted octanol–water partition coefficient (Wildman–Crippen LogP) is 3.49. The van der Waals surface area contributed by atoms with Crippen molar-refractivity contribution in [3.05, 3.63) is 35.9 Å². The van der Waals surface area contributed by atoms with Gasteiger partial charge < -0.3 is 10.1 Å². The highest BCUT2D eigenvalue weighted by molar-refractivity contribution is 5.80. The number of hydrogen-bond donors (Lipinski definition) is 1. The smallest absolute Gasteiger partial charge is 0.306 e. The number of nitrogens with one attached hydrogen (secondary N) is 1. The van der Waals surface area contributed by atoms with Crippen LogP contribution in [-0.4, -0.2) is 24.5 Å². The Hall–Kier alpha value is -1.84. The van der Waals surface area contributed by atoms with E-state index >= 15 is 0 Å². The molecule has 1 N–H and O–H groups in total. The van der Waals surface area contributed by atoms with Crippen LogP contribution in [0.25, 0.3) is 0 Å². The van der Waals surface area contributed by atoms with Crippen LogP contribution in [0.3, 0.4) is 0 Å². The van der Waals surface area contributed by atoms with Gasteiger partial charge in [0.05, 0.1) is 0 Å². The van der Waals surface area contributed by atoms with Crippen LogP contribution in [0.2, 0.25) is 0 Å². The number of rotatable bonds is 8. The van der Waals surface area contributed by atoms with Gasteiger partial charge in [-0.25, -0.2) is 0 Å². The molecular formula is C21H29NO3. The molecule has 136 valence electrons. The molecule has 0 aliphatic heterocycles. The molecule has 4 heteroatoms. The first kappa shape index (κ1) is 18.0. The Morgan fingerprint density at radius 2 is 2.00 bits per heavy atom. The zero-order valence-corrected chi connectivity index (χ0v) is 15.1. The fourth-order valence-corrected chi connectivity index (χ4v) is 4.46. The first-order valence-electron chi connectivity index (χ1n) is 9.59. The van der Waals surface area contributed by atoms with E-state index < -0.39 is 0 Å². The molecule has 1 aromatic rings. The van der Waals surface area contributed by atoms with Crippen LogP contribution >= 0.6 is 0 Å². The molecule has 4 nitrogen and oxygen atoms in total. The summed E-state index contributed by atoms with van der Waals surface area (Å²) in [4.78, 5) is 23.9. The second-order valence-corrected chi connectivity index (χ2v) is 7.79. The summed E-state index contributed by atoms with van der Waals surface area (Å²) in [5, 5.41) is 2.91. The topological polar surface area (TPSA) is 55.4 Å². The maximum atomic E-state index is 12.0. The molecular weight excluding hydrogens is 314 g/mol. The molecule has 25 heavy (non-hydrogen) atoms. The first-order chi connectivity index (χ1) is 12.1. The van der Waals surface area contributed by atoms with Gasteiger partial charge in [-0.05, 0) is 62.3 Å². The number of fused-ring (bicyclic) bond motifs is 2. The molecule has 2 fully saturated rings. The van der Waals surface area contributed by atoms with Gasteiger partial charge in [-0.2, -0.15) is 0 Å². The van der Waals surface area contributed by atoms with Crippen molar-refractivity contribution < 1.29 is 14.3 Å². The minimum atomic E-state index is -0.218. The van der Waals surface area contributed by atoms with Crippen molar-refractivity contribution in [1.29, 1.82) is 0 Å². The molecule has 0 aromatic heterocycles. The Labute approximate surface area is 150 Å². The number of ether oxygens (including phenoxy) is 1. The van der Waals surface area contributed by atoms with E-state index in [1.165, 1.54) is 31.2 Å². The molecule has 2 bridgehead atoms. The maximum absolute atomic E-state index is 12.0. The second kappa shape index (κ2) is 8.50. The van der Waals surface area contributed by atoms with E-state index in [-0.39, 0.29) is 24.5 Å². The van der Waals surface area contributed by atoms with E-state index in [0.717, 1.165) is 18.8 Å². The molecule has 0 unspecified atom stereocenters. The van der Waals surface area contributed by atoms with E-state index in [2.05, 4.69) is 17.4 Å². The highest BCUT2D eigenvalue weighted by atomic mass is 16.5. The van der Waals surface area contributed by atoms with Crippen LogP contribution in [0.1, 0.15) is 51.0 Å². The van der Waals surface area contributed by atoms with E-state index in [9.17, 15) is 9.59 Å². The van der Waals surface area contributed by atoms with Gasteiger partial charge in [0.2, 0.25) is 0 Å². The summed E-state index contributed by atoms with van der Waals surface area (Å²) < 4.78 is 5.19. The van der Waals surface area contributed by atoms with Crippen LogP contribution < -0.4 is 5.32 Å². The number of carbonyl (C=O) groups is 2. The number of esters is 1. The summed E-state index contributed by atoms with van der Waals surface area (Å²) in [6, 6.07) is 10.3. The van der Waals surface area contributed by atoms with Crippen molar-refractivity contribution in [2.45, 2.75) is 57.9 Å². The zero-order valence-electron chi connectivity index (χ0n) is 15.1. The third kappa shape index (κ3) is 5.32. The molecule has 2 aliphatic carbocycles. The van der Waals surface area contributed by atoms with Gasteiger partial charge in [-0.1, -0.05) is 36.8 Å². The van der Waals surface area contributed by atoms with E-state index in [1.807, 2.05) is 25.1 Å². The lowest BCUT2D eigenvalue weighted by Crippen LogP contribution is -2.36. The van der Waals surface area contributed by atoms with Gasteiger partial charge in [0.15, 0.2) is 6.61 Å². The molecule has 1 aromatic carbocycles. The van der Waals surface area contributed by atoms with Crippen molar-refractivity contribution in [3.63, 3.8) is 0 Å². The fourth-order valence-electron chi connectivity index (χ4n) is 4.46. The van der Waals surface area contributed by atoms with Crippen molar-refractivity contribution in [1.82, 2.24) is 5.32 Å². The standard InChI is InChI=1S/C21H29NO3/c1-15(7-8-16-5-3-2-4-6-16)22-20(23)14-25-21(24)13-19-12-17-9-10-18(19)11-17/h2-6,15,17-19H,7-14H2,1H3,(H,22,23)/t15-,17-,18-,19+/m0/s1. The molecule has 3 rings (SSSR count). The molecule has 1 amide bonds. The monoisotopic (exact) mass is 343 g/mol. The van der Waals surface area contributed by atoms with Crippen molar-refractivity contribution in [2.75, 3.05) is 6.61 Å². The van der Waals surface area contributed by atoms with Crippen LogP contribution in [0.15, 0.2) is 30.3 Å². The van der Waals surface area contributed by atoms with Gasteiger partial charge in [-0.3, -0.25) is 9.59 Å². The lowest BCUT2D eigenvalue weighted by molar-refractivity contribution is -0.150. The van der Waals surface area contributed by atoms with Gasteiger partial charge in [0.25, 0.3) is 5.91 Å². The van der Waals surface area contributed by atoms with Gasteiger partial charge in [0, 0.05) is 12.5 Å². The second-order valence-electron chi connectivity index (χ2n) is 7.79. The predicted molar refractivity (Wildman–Crippen MR) is 96.9 cm³/mol. The van der Waals surface area contributed by atoms with Crippen LogP contribution in [0.5, 0.6) is 0 Å². The Balaban J connectivity index is 1.30. The highest BCUT2D eigenvalue weighted by Gasteiger charge is 2.40. The average molecular weight is 343 g/mol. The minimum absolute atomic E-state index is 0.0666. The Kier molecular flexibility index (Phi) is 6.11. The maximum Gasteiger partial charge on any atom is 0.306 e. The molecule has 0 spiro atoms. The van der Waals surface area contributed by atoms with E-state index in [4.69, 9.17) is 4.74 Å². The molecule has 2 saturated carbocycles. The summed E-state index contributed by atoms with van der Waals surface area (Å²) >= 11 is 0. The fraction of sp³-hybridized carbons (Fsp3) is 0.619. The lowest BCUT2D eigenvalue weighted by Gasteiger charge is -2.20. The number of benzene rings is 1. The number of amides is 1. The van der Waals surface area contributed by atoms with Gasteiger partial charge in [-0.15, -0.1) is 0 Å². The summed E-state index contributed by atoms with van der Waals surface area (Å²) in [6.45, 7) is 1.83. The highest BCUT2D eigenvalue weighted by Crippen LogP contribution is 2.49. The summed E-state index contributed by atoms with van der Waals surface area (Å²) in [5.41, 5.74) is 1.26. The van der Waals surface area contributed by atoms with Crippen LogP contribution in [0.4, 0.5) is 0 Å². The summed E-state index contributed by atoms with van der Waals surface area (Å²) in [5.74, 6) is 1.60. The Bertz CT molecular complexity index is 586. The molecule has 0 saturated heterocycles. The van der Waals surface area contributed by atoms with E-state index in [1.54, 1.807) is 0 Å². The first-order valence-corrected chi connectivity index (χ1v) is 9.59. The third-order valence-corrected chi connectivity index (χ3v) is 5.79. The van der Waals surface area contributed by atoms with E-state index in [0.29, 0.717) is 18.3 Å². The zero-order chi connectivity index (χ0) is 17.6. The van der Waals surface area contributed by atoms with Crippen molar-refractivity contribution in [2.24, 2.45) is 17.8 Å². The van der Waals surface area contributed by atoms with Crippen molar-refractivity contribution >= 4 is 11.9 Å². The van der Waals surface area contributed by atoms with Crippen LogP contribution in [0, 0.1) is 17.8 Å². The molecule has 0 heterocycles. The van der Waals surface area contributed by atoms with Crippen molar-refractivity contribution in [3.8, 4) is 0 Å². The Morgan fingerprint density at radius 3 is 2.68 bits per heavy atom. The summed E-state index contributed by atoms with van der Waals surface area (Å²) in [7, 11) is 0. The van der Waals surface area contributed by atoms with Gasteiger partial charge >= 0.3 is 5.97 Å². The quantitative estimate of drug-likeness (QED) is 0.735. The molecule has 2 aliphatic rings. The minimum Gasteiger partial charge on any atom is -0.456 e. The SMILES string of the molecule is C[C@@H](CCc1ccccc1)NC(=O)COC(=O)C[C@H]1C[C@H]2CC[C@H]1C2. The average Bonchev–Trinajstić information content (AvgIpc) is 3.22. The summed E-state index contributed by atoms with van der Waals surface area (Å²) in [6.07, 6.45) is 7.33. The largest absolute Gasteiger partial charge is 0.456 e. The van der Waals surface area contributed by atoms with Gasteiger partial charge in [0.1, 0.15) is 0 Å². The number of carbonyl (C=O) groups excluding carboxylic acids is 2. The lowest BCUT2D eigenvalue weighted by atomic mass is 9.86. The number of aryl methyl sites for hydroxylation is 1. The van der Waals surface area contributed by atoms with Crippen LogP contribution in [-0.2, 0) is 20.7 Å². The number of hydrogen-bond acceptors (Lipinski definition) is 3. The molecule has 4 atom stereocenters. The Morgan fingerprint density at radius 1 is 1.20 bits per heavy atom.